The van der Waals surface area contributed by atoms with E-state index in [9.17, 15) is 23.1 Å². The number of carbonyl (C=O) groups is 1. The van der Waals surface area contributed by atoms with Crippen LogP contribution in [0.2, 0.25) is 0 Å². The number of nitrogens with one attached hydrogen (secondary N) is 2. The molecular weight excluding hydrogens is 265 g/mol. The van der Waals surface area contributed by atoms with Gasteiger partial charge in [0.05, 0.1) is 6.54 Å². The van der Waals surface area contributed by atoms with Crippen LogP contribution in [0, 0.1) is 0 Å². The smallest absolute Gasteiger partial charge is 0.407 e. The van der Waals surface area contributed by atoms with Crippen LogP contribution in [-0.2, 0) is 4.74 Å². The molecule has 3 N–H and O–H groups in total. The number of aliphatic hydroxyl groups excluding tert-OH is 1. The lowest BCUT2D eigenvalue weighted by Crippen LogP contribution is -2.53. The van der Waals surface area contributed by atoms with Crippen molar-refractivity contribution in [3.8, 4) is 0 Å². The summed E-state index contributed by atoms with van der Waals surface area (Å²) in [6.45, 7) is 4.62. The van der Waals surface area contributed by atoms with Gasteiger partial charge in [-0.1, -0.05) is 0 Å². The summed E-state index contributed by atoms with van der Waals surface area (Å²) in [5.74, 6) is 0. The Morgan fingerprint density at radius 2 is 1.89 bits per heavy atom. The third-order valence-electron chi connectivity index (χ3n) is 2.57. The minimum atomic E-state index is -4.40. The fourth-order valence-corrected chi connectivity index (χ4v) is 1.50. The van der Waals surface area contributed by atoms with E-state index in [0.717, 1.165) is 0 Å². The van der Waals surface area contributed by atoms with Crippen LogP contribution in [0.1, 0.15) is 33.6 Å². The van der Waals surface area contributed by atoms with Crippen molar-refractivity contribution in [1.29, 1.82) is 0 Å². The van der Waals surface area contributed by atoms with Gasteiger partial charge in [-0.3, -0.25) is 5.32 Å². The number of hydrogen-bond acceptors (Lipinski definition) is 4. The van der Waals surface area contributed by atoms with Crippen LogP contribution in [0.3, 0.4) is 0 Å². The van der Waals surface area contributed by atoms with Crippen LogP contribution in [0.4, 0.5) is 18.0 Å². The first-order valence-electron chi connectivity index (χ1n) is 5.95. The molecule has 0 bridgehead atoms. The van der Waals surface area contributed by atoms with Crippen molar-refractivity contribution in [3.05, 3.63) is 0 Å². The quantitative estimate of drug-likeness (QED) is 0.684. The highest BCUT2D eigenvalue weighted by Crippen LogP contribution is 2.49. The first kappa shape index (κ1) is 16.0. The third-order valence-corrected chi connectivity index (χ3v) is 2.57. The first-order chi connectivity index (χ1) is 8.45. The Bertz CT molecular complexity index is 335. The maximum absolute atomic E-state index is 12.6. The Kier molecular flexibility index (Phi) is 4.36. The van der Waals surface area contributed by atoms with Crippen molar-refractivity contribution >= 4 is 6.09 Å². The topological polar surface area (TPSA) is 70.6 Å². The van der Waals surface area contributed by atoms with Crippen LogP contribution in [-0.4, -0.2) is 41.3 Å². The molecule has 1 rings (SSSR count). The summed E-state index contributed by atoms with van der Waals surface area (Å²) in [5.41, 5.74) is -2.71. The lowest BCUT2D eigenvalue weighted by atomic mass is 10.2. The SMILES string of the molecule is CC(C)(C)OC(=O)NCC(O)NC1(C(F)(F)F)CC1. The van der Waals surface area contributed by atoms with Crippen molar-refractivity contribution in [2.45, 2.75) is 57.2 Å². The molecule has 5 nitrogen and oxygen atoms in total. The fourth-order valence-electron chi connectivity index (χ4n) is 1.50. The minimum absolute atomic E-state index is 0.0694. The number of halogens is 3. The van der Waals surface area contributed by atoms with Crippen LogP contribution >= 0.6 is 0 Å². The lowest BCUT2D eigenvalue weighted by molar-refractivity contribution is -0.173. The highest BCUT2D eigenvalue weighted by Gasteiger charge is 2.63. The molecule has 19 heavy (non-hydrogen) atoms. The molecule has 0 spiro atoms. The van der Waals surface area contributed by atoms with Gasteiger partial charge in [-0.15, -0.1) is 0 Å². The normalized spacial score (nSPS) is 19.7. The van der Waals surface area contributed by atoms with Gasteiger partial charge in [-0.25, -0.2) is 4.79 Å². The average Bonchev–Trinajstić information content (AvgIpc) is 2.92. The van der Waals surface area contributed by atoms with E-state index in [2.05, 4.69) is 10.6 Å². The van der Waals surface area contributed by atoms with Crippen molar-refractivity contribution in [1.82, 2.24) is 10.6 Å². The molecule has 0 saturated heterocycles. The largest absolute Gasteiger partial charge is 0.444 e. The molecule has 1 amide bonds. The number of rotatable bonds is 4. The first-order valence-corrected chi connectivity index (χ1v) is 5.95. The molecule has 0 aromatic carbocycles. The summed E-state index contributed by atoms with van der Waals surface area (Å²) >= 11 is 0. The van der Waals surface area contributed by atoms with Gasteiger partial charge in [0, 0.05) is 0 Å². The van der Waals surface area contributed by atoms with E-state index >= 15 is 0 Å². The van der Waals surface area contributed by atoms with E-state index in [0.29, 0.717) is 0 Å². The summed E-state index contributed by atoms with van der Waals surface area (Å²) in [4.78, 5) is 11.2. The fraction of sp³-hybridized carbons (Fsp3) is 0.909. The van der Waals surface area contributed by atoms with Crippen molar-refractivity contribution < 1.29 is 27.8 Å². The molecule has 1 saturated carbocycles. The summed E-state index contributed by atoms with van der Waals surface area (Å²) in [6.07, 6.45) is -6.80. The summed E-state index contributed by atoms with van der Waals surface area (Å²) < 4.78 is 42.7. The molecule has 112 valence electrons. The maximum Gasteiger partial charge on any atom is 0.407 e. The second-order valence-corrected chi connectivity index (χ2v) is 5.62. The molecule has 1 fully saturated rings. The zero-order chi connectivity index (χ0) is 14.9. The van der Waals surface area contributed by atoms with E-state index in [4.69, 9.17) is 4.74 Å². The monoisotopic (exact) mass is 284 g/mol. The molecule has 0 radical (unpaired) electrons. The molecule has 0 aliphatic heterocycles. The molecule has 1 aliphatic rings. The van der Waals surface area contributed by atoms with Gasteiger partial charge in [-0.2, -0.15) is 13.2 Å². The Labute approximate surface area is 109 Å². The van der Waals surface area contributed by atoms with E-state index in [1.54, 1.807) is 20.8 Å². The summed E-state index contributed by atoms with van der Waals surface area (Å²) in [6, 6.07) is 0. The van der Waals surface area contributed by atoms with E-state index in [1.807, 2.05) is 0 Å². The number of carbonyl (C=O) groups excluding carboxylic acids is 1. The van der Waals surface area contributed by atoms with Crippen molar-refractivity contribution in [3.63, 3.8) is 0 Å². The molecule has 1 aliphatic carbocycles. The molecule has 1 atom stereocenters. The van der Waals surface area contributed by atoms with Gasteiger partial charge >= 0.3 is 12.3 Å². The third kappa shape index (κ3) is 4.87. The van der Waals surface area contributed by atoms with Crippen LogP contribution in [0.5, 0.6) is 0 Å². The number of aliphatic hydroxyl groups is 1. The number of amides is 1. The molecule has 0 aromatic rings. The number of ether oxygens (including phenoxy) is 1. The van der Waals surface area contributed by atoms with Crippen molar-refractivity contribution in [2.75, 3.05) is 6.54 Å². The minimum Gasteiger partial charge on any atom is -0.444 e. The predicted molar refractivity (Wildman–Crippen MR) is 61.4 cm³/mol. The van der Waals surface area contributed by atoms with E-state index in [-0.39, 0.29) is 19.4 Å². The number of alkyl halides is 3. The van der Waals surface area contributed by atoms with Crippen LogP contribution in [0.15, 0.2) is 0 Å². The maximum atomic E-state index is 12.6. The Hall–Kier alpha value is -1.02. The van der Waals surface area contributed by atoms with Crippen molar-refractivity contribution in [2.24, 2.45) is 0 Å². The van der Waals surface area contributed by atoms with Gasteiger partial charge in [0.15, 0.2) is 0 Å². The zero-order valence-corrected chi connectivity index (χ0v) is 11.1. The summed E-state index contributed by atoms with van der Waals surface area (Å²) in [7, 11) is 0. The molecule has 0 heterocycles. The molecule has 1 unspecified atom stereocenters. The van der Waals surface area contributed by atoms with E-state index in [1.165, 1.54) is 0 Å². The molecule has 0 aromatic heterocycles. The Morgan fingerprint density at radius 1 is 1.37 bits per heavy atom. The number of hydrogen-bond donors (Lipinski definition) is 3. The van der Waals surface area contributed by atoms with Gasteiger partial charge in [0.1, 0.15) is 17.4 Å². The predicted octanol–water partition coefficient (Wildman–Crippen LogP) is 1.51. The standard InChI is InChI=1S/C11H19F3N2O3/c1-9(2,3)19-8(18)15-6-7(17)16-10(4-5-10)11(12,13)14/h7,16-17H,4-6H2,1-3H3,(H,15,18). The van der Waals surface area contributed by atoms with Crippen LogP contribution < -0.4 is 10.6 Å². The lowest BCUT2D eigenvalue weighted by Gasteiger charge is -2.25. The molecular formula is C11H19F3N2O3. The van der Waals surface area contributed by atoms with Gasteiger partial charge in [-0.05, 0) is 33.6 Å². The number of alkyl carbamates (subject to hydrolysis) is 1. The van der Waals surface area contributed by atoms with Crippen LogP contribution in [0.25, 0.3) is 0 Å². The second kappa shape index (κ2) is 5.16. The van der Waals surface area contributed by atoms with Gasteiger partial charge < -0.3 is 15.2 Å². The van der Waals surface area contributed by atoms with Gasteiger partial charge in [0.2, 0.25) is 0 Å². The van der Waals surface area contributed by atoms with E-state index < -0.39 is 29.6 Å². The highest BCUT2D eigenvalue weighted by molar-refractivity contribution is 5.67. The Balaban J connectivity index is 2.33. The molecule has 8 heteroatoms. The van der Waals surface area contributed by atoms with Gasteiger partial charge in [0.25, 0.3) is 0 Å². The Morgan fingerprint density at radius 3 is 2.26 bits per heavy atom. The summed E-state index contributed by atoms with van der Waals surface area (Å²) in [5, 5.41) is 13.7. The zero-order valence-electron chi connectivity index (χ0n) is 11.1. The highest BCUT2D eigenvalue weighted by atomic mass is 19.4. The average molecular weight is 284 g/mol. The second-order valence-electron chi connectivity index (χ2n) is 5.62.